The van der Waals surface area contributed by atoms with Gasteiger partial charge < -0.3 is 10.3 Å². The van der Waals surface area contributed by atoms with Crippen LogP contribution in [0.25, 0.3) is 0 Å². The van der Waals surface area contributed by atoms with Crippen molar-refractivity contribution in [3.63, 3.8) is 0 Å². The predicted octanol–water partition coefficient (Wildman–Crippen LogP) is 2.79. The highest BCUT2D eigenvalue weighted by atomic mass is 15.0. The molecule has 0 bridgehead atoms. The van der Waals surface area contributed by atoms with Gasteiger partial charge >= 0.3 is 0 Å². The highest BCUT2D eigenvalue weighted by Gasteiger charge is 2.20. The predicted molar refractivity (Wildman–Crippen MR) is 74.5 cm³/mol. The van der Waals surface area contributed by atoms with E-state index in [1.807, 2.05) is 6.20 Å². The molecule has 3 heteroatoms. The minimum Gasteiger partial charge on any atom is -0.348 e. The summed E-state index contributed by atoms with van der Waals surface area (Å²) in [6.07, 6.45) is 3.63. The van der Waals surface area contributed by atoms with Gasteiger partial charge in [0.25, 0.3) is 0 Å². The number of rotatable bonds is 5. The molecule has 0 radical (unpaired) electrons. The molecule has 0 unspecified atom stereocenters. The molecule has 2 aromatic rings. The highest BCUT2D eigenvalue weighted by molar-refractivity contribution is 5.28. The SMILES string of the molecule is Cc1cccc(C(C)(C)CNCc2ncc[nH]2)c1. The summed E-state index contributed by atoms with van der Waals surface area (Å²) >= 11 is 0. The summed E-state index contributed by atoms with van der Waals surface area (Å²) in [7, 11) is 0. The molecule has 0 aliphatic carbocycles. The van der Waals surface area contributed by atoms with Crippen molar-refractivity contribution < 1.29 is 0 Å². The lowest BCUT2D eigenvalue weighted by molar-refractivity contribution is 0.465. The van der Waals surface area contributed by atoms with Crippen LogP contribution in [0, 0.1) is 6.92 Å². The van der Waals surface area contributed by atoms with E-state index in [0.717, 1.165) is 18.9 Å². The summed E-state index contributed by atoms with van der Waals surface area (Å²) in [5.41, 5.74) is 2.81. The Bertz CT molecular complexity index is 486. The van der Waals surface area contributed by atoms with E-state index in [1.54, 1.807) is 6.20 Å². The topological polar surface area (TPSA) is 40.7 Å². The Labute approximate surface area is 109 Å². The molecule has 96 valence electrons. The van der Waals surface area contributed by atoms with E-state index >= 15 is 0 Å². The Balaban J connectivity index is 1.94. The van der Waals surface area contributed by atoms with E-state index in [-0.39, 0.29) is 5.41 Å². The number of nitrogens with one attached hydrogen (secondary N) is 2. The fourth-order valence-electron chi connectivity index (χ4n) is 2.06. The zero-order chi connectivity index (χ0) is 13.0. The molecule has 0 spiro atoms. The Morgan fingerprint density at radius 3 is 2.83 bits per heavy atom. The van der Waals surface area contributed by atoms with E-state index in [9.17, 15) is 0 Å². The van der Waals surface area contributed by atoms with Crippen LogP contribution >= 0.6 is 0 Å². The largest absolute Gasteiger partial charge is 0.348 e. The number of nitrogens with zero attached hydrogens (tertiary/aromatic N) is 1. The van der Waals surface area contributed by atoms with Gasteiger partial charge in [0.15, 0.2) is 0 Å². The monoisotopic (exact) mass is 243 g/mol. The fourth-order valence-corrected chi connectivity index (χ4v) is 2.06. The van der Waals surface area contributed by atoms with Crippen LogP contribution in [0.15, 0.2) is 36.7 Å². The second-order valence-corrected chi connectivity index (χ2v) is 5.39. The molecule has 0 aliphatic rings. The molecule has 0 aliphatic heterocycles. The quantitative estimate of drug-likeness (QED) is 0.847. The molecule has 1 aromatic carbocycles. The van der Waals surface area contributed by atoms with Gasteiger partial charge in [-0.1, -0.05) is 43.7 Å². The van der Waals surface area contributed by atoms with Crippen molar-refractivity contribution in [2.24, 2.45) is 0 Å². The molecule has 0 atom stereocenters. The molecule has 1 aromatic heterocycles. The number of hydrogen-bond donors (Lipinski definition) is 2. The number of aromatic nitrogens is 2. The number of aromatic amines is 1. The lowest BCUT2D eigenvalue weighted by Gasteiger charge is -2.26. The molecule has 18 heavy (non-hydrogen) atoms. The standard InChI is InChI=1S/C15H21N3/c1-12-5-4-6-13(9-12)15(2,3)11-16-10-14-17-7-8-18-14/h4-9,16H,10-11H2,1-3H3,(H,17,18). The number of benzene rings is 1. The van der Waals surface area contributed by atoms with Crippen molar-refractivity contribution >= 4 is 0 Å². The summed E-state index contributed by atoms with van der Waals surface area (Å²) in [6.45, 7) is 8.36. The number of hydrogen-bond acceptors (Lipinski definition) is 2. The average Bonchev–Trinajstić information content (AvgIpc) is 2.82. The van der Waals surface area contributed by atoms with Gasteiger partial charge in [-0.3, -0.25) is 0 Å². The van der Waals surface area contributed by atoms with E-state index in [1.165, 1.54) is 11.1 Å². The van der Waals surface area contributed by atoms with Gasteiger partial charge in [0.1, 0.15) is 5.82 Å². The number of imidazole rings is 1. The summed E-state index contributed by atoms with van der Waals surface area (Å²) in [6, 6.07) is 8.71. The normalized spacial score (nSPS) is 11.7. The average molecular weight is 243 g/mol. The van der Waals surface area contributed by atoms with Gasteiger partial charge in [0.2, 0.25) is 0 Å². The Morgan fingerprint density at radius 2 is 2.17 bits per heavy atom. The Kier molecular flexibility index (Phi) is 3.82. The van der Waals surface area contributed by atoms with E-state index in [4.69, 9.17) is 0 Å². The van der Waals surface area contributed by atoms with Crippen molar-refractivity contribution in [1.29, 1.82) is 0 Å². The molecular weight excluding hydrogens is 222 g/mol. The lowest BCUT2D eigenvalue weighted by atomic mass is 9.84. The maximum absolute atomic E-state index is 4.20. The zero-order valence-electron chi connectivity index (χ0n) is 11.3. The summed E-state index contributed by atoms with van der Waals surface area (Å²) < 4.78 is 0. The van der Waals surface area contributed by atoms with Gasteiger partial charge in [-0.05, 0) is 12.5 Å². The molecular formula is C15H21N3. The van der Waals surface area contributed by atoms with Crippen LogP contribution in [0.4, 0.5) is 0 Å². The van der Waals surface area contributed by atoms with Gasteiger partial charge in [-0.2, -0.15) is 0 Å². The van der Waals surface area contributed by atoms with Crippen molar-refractivity contribution in [3.8, 4) is 0 Å². The van der Waals surface area contributed by atoms with Gasteiger partial charge in [-0.25, -0.2) is 4.98 Å². The second-order valence-electron chi connectivity index (χ2n) is 5.39. The van der Waals surface area contributed by atoms with Crippen molar-refractivity contribution in [1.82, 2.24) is 15.3 Å². The number of H-pyrrole nitrogens is 1. The van der Waals surface area contributed by atoms with Crippen LogP contribution < -0.4 is 5.32 Å². The van der Waals surface area contributed by atoms with Crippen LogP contribution in [0.2, 0.25) is 0 Å². The third-order valence-corrected chi connectivity index (χ3v) is 3.21. The minimum absolute atomic E-state index is 0.124. The van der Waals surface area contributed by atoms with Crippen LogP contribution in [0.3, 0.4) is 0 Å². The minimum atomic E-state index is 0.124. The zero-order valence-corrected chi connectivity index (χ0v) is 11.3. The molecule has 2 rings (SSSR count). The van der Waals surface area contributed by atoms with E-state index in [0.29, 0.717) is 0 Å². The van der Waals surface area contributed by atoms with Crippen molar-refractivity contribution in [2.45, 2.75) is 32.7 Å². The number of aryl methyl sites for hydroxylation is 1. The molecule has 0 saturated carbocycles. The molecule has 2 N–H and O–H groups in total. The third-order valence-electron chi connectivity index (χ3n) is 3.21. The van der Waals surface area contributed by atoms with Crippen LogP contribution in [-0.4, -0.2) is 16.5 Å². The lowest BCUT2D eigenvalue weighted by Crippen LogP contribution is -2.32. The van der Waals surface area contributed by atoms with Crippen molar-refractivity contribution in [2.75, 3.05) is 6.54 Å². The first-order valence-electron chi connectivity index (χ1n) is 6.34. The van der Waals surface area contributed by atoms with E-state index in [2.05, 4.69) is 60.3 Å². The summed E-state index contributed by atoms with van der Waals surface area (Å²) in [4.78, 5) is 7.30. The molecule has 0 saturated heterocycles. The Hall–Kier alpha value is -1.61. The first-order chi connectivity index (χ1) is 8.58. The van der Waals surface area contributed by atoms with E-state index < -0.39 is 0 Å². The van der Waals surface area contributed by atoms with Crippen LogP contribution in [0.5, 0.6) is 0 Å². The maximum Gasteiger partial charge on any atom is 0.120 e. The molecule has 3 nitrogen and oxygen atoms in total. The first-order valence-corrected chi connectivity index (χ1v) is 6.34. The smallest absolute Gasteiger partial charge is 0.120 e. The highest BCUT2D eigenvalue weighted by Crippen LogP contribution is 2.23. The summed E-state index contributed by atoms with van der Waals surface area (Å²) in [5.74, 6) is 0.982. The van der Waals surface area contributed by atoms with Crippen LogP contribution in [0.1, 0.15) is 30.8 Å². The molecule has 0 amide bonds. The molecule has 1 heterocycles. The third kappa shape index (κ3) is 3.20. The van der Waals surface area contributed by atoms with Crippen molar-refractivity contribution in [3.05, 3.63) is 53.6 Å². The van der Waals surface area contributed by atoms with Gasteiger partial charge in [0, 0.05) is 24.4 Å². The maximum atomic E-state index is 4.20. The fraction of sp³-hybridized carbons (Fsp3) is 0.400. The Morgan fingerprint density at radius 1 is 1.33 bits per heavy atom. The van der Waals surface area contributed by atoms with Crippen LogP contribution in [-0.2, 0) is 12.0 Å². The molecule has 0 fully saturated rings. The summed E-state index contributed by atoms with van der Waals surface area (Å²) in [5, 5.41) is 3.45. The van der Waals surface area contributed by atoms with Gasteiger partial charge in [-0.15, -0.1) is 0 Å². The van der Waals surface area contributed by atoms with Gasteiger partial charge in [0.05, 0.1) is 6.54 Å². The second kappa shape index (κ2) is 5.36. The first kappa shape index (κ1) is 12.8.